The van der Waals surface area contributed by atoms with Gasteiger partial charge in [-0.1, -0.05) is 13.3 Å². The lowest BCUT2D eigenvalue weighted by molar-refractivity contribution is 0.136. The van der Waals surface area contributed by atoms with Gasteiger partial charge < -0.3 is 10.5 Å². The molecule has 0 unspecified atom stereocenters. The molecule has 110 valence electrons. The van der Waals surface area contributed by atoms with Gasteiger partial charge in [-0.15, -0.1) is 0 Å². The van der Waals surface area contributed by atoms with Crippen molar-refractivity contribution >= 4 is 15.8 Å². The third kappa shape index (κ3) is 4.19. The summed E-state index contributed by atoms with van der Waals surface area (Å²) in [5.41, 5.74) is 6.13. The molecule has 0 amide bonds. The Balaban J connectivity index is 2.57. The molecule has 1 aromatic rings. The number of nitrogens with two attached hydrogens (primary N) is 1. The zero-order chi connectivity index (χ0) is 14.5. The predicted molar refractivity (Wildman–Crippen MR) is 73.3 cm³/mol. The van der Waals surface area contributed by atoms with Crippen LogP contribution >= 0.6 is 0 Å². The van der Waals surface area contributed by atoms with E-state index in [1.165, 1.54) is 4.68 Å². The summed E-state index contributed by atoms with van der Waals surface area (Å²) in [4.78, 5) is 0.0450. The average molecular weight is 290 g/mol. The van der Waals surface area contributed by atoms with Crippen molar-refractivity contribution < 1.29 is 13.2 Å². The van der Waals surface area contributed by atoms with Crippen LogP contribution < -0.4 is 10.5 Å². The van der Waals surface area contributed by atoms with E-state index in [-0.39, 0.29) is 17.3 Å². The summed E-state index contributed by atoms with van der Waals surface area (Å²) >= 11 is 0. The predicted octanol–water partition coefficient (Wildman–Crippen LogP) is 0.406. The SMILES string of the molecule is CCCCOCCNS(=O)(=O)c1c(N)nn(C)c1C. The van der Waals surface area contributed by atoms with Gasteiger partial charge in [0.2, 0.25) is 10.0 Å². The molecule has 7 nitrogen and oxygen atoms in total. The van der Waals surface area contributed by atoms with Crippen LogP contribution in [0, 0.1) is 6.92 Å². The van der Waals surface area contributed by atoms with E-state index in [4.69, 9.17) is 10.5 Å². The monoisotopic (exact) mass is 290 g/mol. The molecule has 0 spiro atoms. The summed E-state index contributed by atoms with van der Waals surface area (Å²) < 4.78 is 33.4. The van der Waals surface area contributed by atoms with Gasteiger partial charge in [0, 0.05) is 20.2 Å². The number of aryl methyl sites for hydroxylation is 1. The molecule has 1 rings (SSSR count). The van der Waals surface area contributed by atoms with E-state index < -0.39 is 10.0 Å². The summed E-state index contributed by atoms with van der Waals surface area (Å²) in [5.74, 6) is 0.0133. The fraction of sp³-hybridized carbons (Fsp3) is 0.727. The lowest BCUT2D eigenvalue weighted by atomic mass is 10.4. The minimum absolute atomic E-state index is 0.0133. The Bertz CT molecular complexity index is 510. The van der Waals surface area contributed by atoms with Crippen molar-refractivity contribution in [1.82, 2.24) is 14.5 Å². The van der Waals surface area contributed by atoms with E-state index >= 15 is 0 Å². The Morgan fingerprint density at radius 3 is 2.63 bits per heavy atom. The van der Waals surface area contributed by atoms with E-state index in [9.17, 15) is 8.42 Å². The Morgan fingerprint density at radius 1 is 1.42 bits per heavy atom. The number of nitrogens with zero attached hydrogens (tertiary/aromatic N) is 2. The first-order valence-corrected chi connectivity index (χ1v) is 7.75. The first-order chi connectivity index (χ1) is 8.90. The van der Waals surface area contributed by atoms with Crippen LogP contribution in [-0.4, -0.2) is 38.0 Å². The molecule has 0 atom stereocenters. The molecule has 0 saturated carbocycles. The van der Waals surface area contributed by atoms with Gasteiger partial charge in [-0.2, -0.15) is 5.10 Å². The first-order valence-electron chi connectivity index (χ1n) is 6.26. The van der Waals surface area contributed by atoms with Gasteiger partial charge in [0.25, 0.3) is 0 Å². The van der Waals surface area contributed by atoms with Crippen LogP contribution in [0.5, 0.6) is 0 Å². The van der Waals surface area contributed by atoms with Gasteiger partial charge in [-0.25, -0.2) is 13.1 Å². The number of ether oxygens (including phenoxy) is 1. The van der Waals surface area contributed by atoms with Crippen molar-refractivity contribution in [3.8, 4) is 0 Å². The largest absolute Gasteiger partial charge is 0.381 e. The highest BCUT2D eigenvalue weighted by Crippen LogP contribution is 2.20. The van der Waals surface area contributed by atoms with E-state index in [1.807, 2.05) is 0 Å². The molecule has 0 saturated heterocycles. The number of unbranched alkanes of at least 4 members (excludes halogenated alkanes) is 1. The van der Waals surface area contributed by atoms with Gasteiger partial charge in [0.15, 0.2) is 5.82 Å². The van der Waals surface area contributed by atoms with Crippen LogP contribution in [0.25, 0.3) is 0 Å². The molecule has 3 N–H and O–H groups in total. The molecule has 8 heteroatoms. The number of rotatable bonds is 8. The van der Waals surface area contributed by atoms with Gasteiger partial charge in [-0.3, -0.25) is 4.68 Å². The maximum atomic E-state index is 12.1. The van der Waals surface area contributed by atoms with E-state index in [1.54, 1.807) is 14.0 Å². The van der Waals surface area contributed by atoms with Gasteiger partial charge in [-0.05, 0) is 13.3 Å². The molecule has 0 aliphatic heterocycles. The highest BCUT2D eigenvalue weighted by atomic mass is 32.2. The molecule has 0 fully saturated rings. The van der Waals surface area contributed by atoms with E-state index in [0.717, 1.165) is 12.8 Å². The van der Waals surface area contributed by atoms with Crippen molar-refractivity contribution in [3.05, 3.63) is 5.69 Å². The molecule has 0 radical (unpaired) electrons. The van der Waals surface area contributed by atoms with Crippen molar-refractivity contribution in [1.29, 1.82) is 0 Å². The maximum Gasteiger partial charge on any atom is 0.246 e. The second-order valence-electron chi connectivity index (χ2n) is 4.29. The molecule has 19 heavy (non-hydrogen) atoms. The van der Waals surface area contributed by atoms with Crippen LogP contribution in [0.15, 0.2) is 4.90 Å². The van der Waals surface area contributed by atoms with Crippen molar-refractivity contribution in [2.24, 2.45) is 7.05 Å². The number of hydrogen-bond acceptors (Lipinski definition) is 5. The number of sulfonamides is 1. The summed E-state index contributed by atoms with van der Waals surface area (Å²) in [6.07, 6.45) is 2.03. The second-order valence-corrected chi connectivity index (χ2v) is 5.99. The third-order valence-electron chi connectivity index (χ3n) is 2.75. The second kappa shape index (κ2) is 6.88. The molecular weight excluding hydrogens is 268 g/mol. The Hall–Kier alpha value is -1.12. The summed E-state index contributed by atoms with van der Waals surface area (Å²) in [7, 11) is -1.98. The van der Waals surface area contributed by atoms with Gasteiger partial charge in [0.1, 0.15) is 4.90 Å². The van der Waals surface area contributed by atoms with Gasteiger partial charge in [0.05, 0.1) is 12.3 Å². The molecular formula is C11H22N4O3S. The Kier molecular flexibility index (Phi) is 5.77. The molecule has 0 aromatic carbocycles. The third-order valence-corrected chi connectivity index (χ3v) is 4.38. The van der Waals surface area contributed by atoms with Crippen molar-refractivity contribution in [2.45, 2.75) is 31.6 Å². The quantitative estimate of drug-likeness (QED) is 0.675. The number of nitrogens with one attached hydrogen (secondary N) is 1. The molecule has 1 heterocycles. The number of anilines is 1. The normalized spacial score (nSPS) is 11.9. The first kappa shape index (κ1) is 15.9. The number of nitrogen functional groups attached to an aromatic ring is 1. The van der Waals surface area contributed by atoms with E-state index in [0.29, 0.717) is 18.9 Å². The minimum Gasteiger partial charge on any atom is -0.381 e. The van der Waals surface area contributed by atoms with Crippen LogP contribution in [-0.2, 0) is 21.8 Å². The highest BCUT2D eigenvalue weighted by Gasteiger charge is 2.23. The number of hydrogen-bond donors (Lipinski definition) is 2. The molecule has 1 aromatic heterocycles. The fourth-order valence-corrected chi connectivity index (χ4v) is 2.95. The van der Waals surface area contributed by atoms with Crippen LogP contribution in [0.4, 0.5) is 5.82 Å². The fourth-order valence-electron chi connectivity index (χ4n) is 1.62. The van der Waals surface area contributed by atoms with Crippen LogP contribution in [0.3, 0.4) is 0 Å². The average Bonchev–Trinajstić information content (AvgIpc) is 2.58. The minimum atomic E-state index is -3.63. The topological polar surface area (TPSA) is 99.2 Å². The number of aromatic nitrogens is 2. The molecule has 0 aliphatic rings. The zero-order valence-electron chi connectivity index (χ0n) is 11.6. The highest BCUT2D eigenvalue weighted by molar-refractivity contribution is 7.89. The van der Waals surface area contributed by atoms with Crippen molar-refractivity contribution in [3.63, 3.8) is 0 Å². The summed E-state index contributed by atoms with van der Waals surface area (Å²) in [5, 5.41) is 3.89. The lowest BCUT2D eigenvalue weighted by Gasteiger charge is -2.07. The standard InChI is InChI=1S/C11H22N4O3S/c1-4-5-7-18-8-6-13-19(16,17)10-9(2)15(3)14-11(10)12/h13H,4-8H2,1-3H3,(H2,12,14). The smallest absolute Gasteiger partial charge is 0.246 e. The summed E-state index contributed by atoms with van der Waals surface area (Å²) in [6, 6.07) is 0. The van der Waals surface area contributed by atoms with Crippen LogP contribution in [0.1, 0.15) is 25.5 Å². The molecule has 0 aliphatic carbocycles. The van der Waals surface area contributed by atoms with Crippen LogP contribution in [0.2, 0.25) is 0 Å². The Labute approximate surface area is 114 Å². The zero-order valence-corrected chi connectivity index (χ0v) is 12.5. The van der Waals surface area contributed by atoms with E-state index in [2.05, 4.69) is 16.7 Å². The lowest BCUT2D eigenvalue weighted by Crippen LogP contribution is -2.28. The Morgan fingerprint density at radius 2 is 2.11 bits per heavy atom. The van der Waals surface area contributed by atoms with Crippen molar-refractivity contribution in [2.75, 3.05) is 25.5 Å². The van der Waals surface area contributed by atoms with Gasteiger partial charge >= 0.3 is 0 Å². The molecule has 0 bridgehead atoms. The summed E-state index contributed by atoms with van der Waals surface area (Å²) in [6.45, 7) is 4.94. The maximum absolute atomic E-state index is 12.1.